The van der Waals surface area contributed by atoms with Gasteiger partial charge in [0.1, 0.15) is 5.82 Å². The van der Waals surface area contributed by atoms with Crippen molar-refractivity contribution in [2.45, 2.75) is 33.2 Å². The van der Waals surface area contributed by atoms with E-state index in [4.69, 9.17) is 5.73 Å². The molecule has 0 bridgehead atoms. The molecule has 0 aromatic carbocycles. The Hall–Kier alpha value is -1.42. The van der Waals surface area contributed by atoms with E-state index in [0.29, 0.717) is 5.82 Å². The Morgan fingerprint density at radius 1 is 1.56 bits per heavy atom. The first-order chi connectivity index (χ1) is 7.54. The number of rotatable bonds is 4. The minimum atomic E-state index is -0.479. The van der Waals surface area contributed by atoms with E-state index in [1.165, 1.54) is 0 Å². The average Bonchev–Trinajstić information content (AvgIpc) is 2.27. The number of amides is 1. The fourth-order valence-corrected chi connectivity index (χ4v) is 1.33. The summed E-state index contributed by atoms with van der Waals surface area (Å²) in [6, 6.07) is 5.01. The van der Waals surface area contributed by atoms with Gasteiger partial charge in [-0.05, 0) is 25.0 Å². The summed E-state index contributed by atoms with van der Waals surface area (Å²) >= 11 is 0. The summed E-state index contributed by atoms with van der Waals surface area (Å²) in [5.74, 6) is 0.556. The van der Waals surface area contributed by atoms with Gasteiger partial charge in [0.25, 0.3) is 0 Å². The van der Waals surface area contributed by atoms with E-state index in [1.54, 1.807) is 6.07 Å². The maximum Gasteiger partial charge on any atom is 0.242 e. The molecule has 0 saturated heterocycles. The molecule has 0 aliphatic heterocycles. The Kier molecular flexibility index (Phi) is 4.43. The van der Waals surface area contributed by atoms with E-state index < -0.39 is 6.04 Å². The SMILES string of the molecule is CC[C@H](C)[C@H](N)C(=O)Nc1cccc(C)n1. The third-order valence-corrected chi connectivity index (χ3v) is 2.70. The highest BCUT2D eigenvalue weighted by Gasteiger charge is 2.19. The number of nitrogens with one attached hydrogen (secondary N) is 1. The Bertz CT molecular complexity index is 365. The number of pyridine rings is 1. The molecule has 88 valence electrons. The Balaban J connectivity index is 2.64. The van der Waals surface area contributed by atoms with Gasteiger partial charge in [-0.15, -0.1) is 0 Å². The molecular formula is C12H19N3O. The maximum absolute atomic E-state index is 11.7. The molecule has 0 spiro atoms. The van der Waals surface area contributed by atoms with Crippen LogP contribution in [0.15, 0.2) is 18.2 Å². The Labute approximate surface area is 96.3 Å². The largest absolute Gasteiger partial charge is 0.320 e. The van der Waals surface area contributed by atoms with E-state index in [2.05, 4.69) is 10.3 Å². The molecule has 1 aromatic heterocycles. The van der Waals surface area contributed by atoms with Crippen LogP contribution in [-0.2, 0) is 4.79 Å². The summed E-state index contributed by atoms with van der Waals surface area (Å²) in [4.78, 5) is 15.9. The lowest BCUT2D eigenvalue weighted by Gasteiger charge is -2.17. The summed E-state index contributed by atoms with van der Waals surface area (Å²) < 4.78 is 0. The molecule has 0 radical (unpaired) electrons. The minimum Gasteiger partial charge on any atom is -0.320 e. The van der Waals surface area contributed by atoms with Crippen LogP contribution in [0.5, 0.6) is 0 Å². The highest BCUT2D eigenvalue weighted by atomic mass is 16.2. The van der Waals surface area contributed by atoms with Crippen molar-refractivity contribution < 1.29 is 4.79 Å². The van der Waals surface area contributed by atoms with Crippen LogP contribution in [0.25, 0.3) is 0 Å². The third-order valence-electron chi connectivity index (χ3n) is 2.70. The number of carbonyl (C=O) groups excluding carboxylic acids is 1. The third kappa shape index (κ3) is 3.31. The normalized spacial score (nSPS) is 14.2. The minimum absolute atomic E-state index is 0.171. The predicted molar refractivity (Wildman–Crippen MR) is 65.0 cm³/mol. The van der Waals surface area contributed by atoms with Crippen molar-refractivity contribution in [2.75, 3.05) is 5.32 Å². The van der Waals surface area contributed by atoms with Crippen molar-refractivity contribution >= 4 is 11.7 Å². The van der Waals surface area contributed by atoms with Gasteiger partial charge in [-0.25, -0.2) is 4.98 Å². The van der Waals surface area contributed by atoms with Gasteiger partial charge in [-0.3, -0.25) is 4.79 Å². The Morgan fingerprint density at radius 2 is 2.25 bits per heavy atom. The summed E-state index contributed by atoms with van der Waals surface area (Å²) in [5.41, 5.74) is 6.69. The van der Waals surface area contributed by atoms with Crippen LogP contribution in [0.2, 0.25) is 0 Å². The first-order valence-electron chi connectivity index (χ1n) is 5.54. The van der Waals surface area contributed by atoms with Crippen LogP contribution in [0.1, 0.15) is 26.0 Å². The summed E-state index contributed by atoms with van der Waals surface area (Å²) in [6.45, 7) is 5.86. The number of aromatic nitrogens is 1. The van der Waals surface area contributed by atoms with E-state index in [1.807, 2.05) is 32.9 Å². The van der Waals surface area contributed by atoms with Crippen molar-refractivity contribution in [3.05, 3.63) is 23.9 Å². The van der Waals surface area contributed by atoms with Crippen LogP contribution in [0.3, 0.4) is 0 Å². The quantitative estimate of drug-likeness (QED) is 0.813. The number of carbonyl (C=O) groups is 1. The molecule has 1 heterocycles. The van der Waals surface area contributed by atoms with Gasteiger partial charge in [0.2, 0.25) is 5.91 Å². The molecule has 3 N–H and O–H groups in total. The second-order valence-electron chi connectivity index (χ2n) is 4.06. The fraction of sp³-hybridized carbons (Fsp3) is 0.500. The van der Waals surface area contributed by atoms with Crippen molar-refractivity contribution in [1.29, 1.82) is 0 Å². The van der Waals surface area contributed by atoms with Gasteiger partial charge in [-0.2, -0.15) is 0 Å². The second kappa shape index (κ2) is 5.61. The smallest absolute Gasteiger partial charge is 0.242 e. The number of hydrogen-bond donors (Lipinski definition) is 2. The molecule has 0 unspecified atom stereocenters. The van der Waals surface area contributed by atoms with Gasteiger partial charge in [0.15, 0.2) is 0 Å². The van der Waals surface area contributed by atoms with Gasteiger partial charge >= 0.3 is 0 Å². The van der Waals surface area contributed by atoms with E-state index in [-0.39, 0.29) is 11.8 Å². The van der Waals surface area contributed by atoms with Crippen molar-refractivity contribution in [3.8, 4) is 0 Å². The van der Waals surface area contributed by atoms with Crippen molar-refractivity contribution in [3.63, 3.8) is 0 Å². The number of anilines is 1. The molecule has 2 atom stereocenters. The Morgan fingerprint density at radius 3 is 2.81 bits per heavy atom. The lowest BCUT2D eigenvalue weighted by atomic mass is 9.99. The summed E-state index contributed by atoms with van der Waals surface area (Å²) in [6.07, 6.45) is 0.885. The number of nitrogens with two attached hydrogens (primary N) is 1. The van der Waals surface area contributed by atoms with Crippen LogP contribution in [0.4, 0.5) is 5.82 Å². The van der Waals surface area contributed by atoms with E-state index in [9.17, 15) is 4.79 Å². The first-order valence-corrected chi connectivity index (χ1v) is 5.54. The topological polar surface area (TPSA) is 68.0 Å². The zero-order chi connectivity index (χ0) is 12.1. The molecule has 0 aliphatic rings. The molecular weight excluding hydrogens is 202 g/mol. The highest BCUT2D eigenvalue weighted by Crippen LogP contribution is 2.09. The molecule has 4 heteroatoms. The van der Waals surface area contributed by atoms with Crippen LogP contribution < -0.4 is 11.1 Å². The molecule has 1 aromatic rings. The van der Waals surface area contributed by atoms with Gasteiger partial charge in [0, 0.05) is 5.69 Å². The molecule has 1 amide bonds. The molecule has 0 saturated carbocycles. The molecule has 1 rings (SSSR count). The molecule has 0 aliphatic carbocycles. The lowest BCUT2D eigenvalue weighted by molar-refractivity contribution is -0.118. The van der Waals surface area contributed by atoms with E-state index >= 15 is 0 Å². The van der Waals surface area contributed by atoms with Gasteiger partial charge < -0.3 is 11.1 Å². The number of hydrogen-bond acceptors (Lipinski definition) is 3. The monoisotopic (exact) mass is 221 g/mol. The summed E-state index contributed by atoms with van der Waals surface area (Å²) in [5, 5.41) is 2.72. The van der Waals surface area contributed by atoms with Crippen LogP contribution >= 0.6 is 0 Å². The lowest BCUT2D eigenvalue weighted by Crippen LogP contribution is -2.40. The van der Waals surface area contributed by atoms with Crippen molar-refractivity contribution in [2.24, 2.45) is 11.7 Å². The zero-order valence-electron chi connectivity index (χ0n) is 10.0. The first kappa shape index (κ1) is 12.6. The number of nitrogens with zero attached hydrogens (tertiary/aromatic N) is 1. The number of aryl methyl sites for hydroxylation is 1. The van der Waals surface area contributed by atoms with Crippen molar-refractivity contribution in [1.82, 2.24) is 4.98 Å². The molecule has 16 heavy (non-hydrogen) atoms. The maximum atomic E-state index is 11.7. The van der Waals surface area contributed by atoms with Gasteiger partial charge in [0.05, 0.1) is 6.04 Å². The van der Waals surface area contributed by atoms with Crippen LogP contribution in [-0.4, -0.2) is 16.9 Å². The van der Waals surface area contributed by atoms with Crippen LogP contribution in [0, 0.1) is 12.8 Å². The molecule has 0 fully saturated rings. The van der Waals surface area contributed by atoms with E-state index in [0.717, 1.165) is 12.1 Å². The standard InChI is InChI=1S/C12H19N3O/c1-4-8(2)11(13)12(16)15-10-7-5-6-9(3)14-10/h5-8,11H,4,13H2,1-3H3,(H,14,15,16)/t8-,11-/m0/s1. The highest BCUT2D eigenvalue weighted by molar-refractivity contribution is 5.94. The van der Waals surface area contributed by atoms with Gasteiger partial charge in [-0.1, -0.05) is 26.3 Å². The molecule has 4 nitrogen and oxygen atoms in total. The fourth-order valence-electron chi connectivity index (χ4n) is 1.33. The predicted octanol–water partition coefficient (Wildman–Crippen LogP) is 1.70. The average molecular weight is 221 g/mol. The summed E-state index contributed by atoms with van der Waals surface area (Å²) in [7, 11) is 0. The zero-order valence-corrected chi connectivity index (χ0v) is 10.0. The second-order valence-corrected chi connectivity index (χ2v) is 4.06.